The third kappa shape index (κ3) is 9.03. The van der Waals surface area contributed by atoms with Gasteiger partial charge in [-0.25, -0.2) is 4.79 Å². The van der Waals surface area contributed by atoms with E-state index in [1.165, 1.54) is 0 Å². The molecule has 2 aromatic rings. The number of carbonyl (C=O) groups is 3. The monoisotopic (exact) mass is 398 g/mol. The minimum Gasteiger partial charge on any atom is -0.445 e. The van der Waals surface area contributed by atoms with E-state index < -0.39 is 23.9 Å². The summed E-state index contributed by atoms with van der Waals surface area (Å²) < 4.78 is 5.03. The summed E-state index contributed by atoms with van der Waals surface area (Å²) in [6.07, 6.45) is -0.853. The number of ketones is 1. The van der Waals surface area contributed by atoms with Gasteiger partial charge in [-0.05, 0) is 24.0 Å². The van der Waals surface area contributed by atoms with Gasteiger partial charge in [-0.1, -0.05) is 60.7 Å². The fraction of sp³-hybridized carbons (Fsp3) is 0.318. The van der Waals surface area contributed by atoms with Gasteiger partial charge < -0.3 is 20.5 Å². The molecule has 7 nitrogen and oxygen atoms in total. The average molecular weight is 398 g/mol. The van der Waals surface area contributed by atoms with Crippen molar-refractivity contribution in [2.75, 3.05) is 13.1 Å². The van der Waals surface area contributed by atoms with Crippen LogP contribution in [0.2, 0.25) is 0 Å². The van der Waals surface area contributed by atoms with E-state index in [1.807, 2.05) is 60.7 Å². The molecular weight excluding hydrogens is 372 g/mol. The van der Waals surface area contributed by atoms with Gasteiger partial charge in [0.15, 0.2) is 5.78 Å². The Morgan fingerprint density at radius 3 is 2.17 bits per heavy atom. The van der Waals surface area contributed by atoms with Gasteiger partial charge in [0.25, 0.3) is 0 Å². The number of amides is 2. The Morgan fingerprint density at radius 2 is 1.52 bits per heavy atom. The summed E-state index contributed by atoms with van der Waals surface area (Å²) >= 11 is 0. The van der Waals surface area contributed by atoms with Crippen molar-refractivity contribution in [1.29, 1.82) is 0 Å². The zero-order chi connectivity index (χ0) is 20.9. The van der Waals surface area contributed by atoms with Gasteiger partial charge in [0.1, 0.15) is 12.7 Å². The van der Waals surface area contributed by atoms with Crippen LogP contribution in [0.25, 0.3) is 0 Å². The first kappa shape index (κ1) is 22.1. The third-order valence-corrected chi connectivity index (χ3v) is 4.21. The number of carbonyl (C=O) groups excluding carboxylic acids is 3. The number of hydrogen-bond donors (Lipinski definition) is 3. The van der Waals surface area contributed by atoms with E-state index in [1.54, 1.807) is 0 Å². The zero-order valence-electron chi connectivity index (χ0n) is 16.2. The van der Waals surface area contributed by atoms with E-state index >= 15 is 0 Å². The average Bonchev–Trinajstić information content (AvgIpc) is 2.75. The van der Waals surface area contributed by atoms with Crippen LogP contribution in [-0.4, -0.2) is 42.1 Å². The normalized spacial score (nSPS) is 11.3. The zero-order valence-corrected chi connectivity index (χ0v) is 16.2. The summed E-state index contributed by atoms with van der Waals surface area (Å²) in [5.74, 6) is -0.832. The molecule has 0 aliphatic rings. The van der Waals surface area contributed by atoms with Gasteiger partial charge >= 0.3 is 6.09 Å². The molecule has 2 aromatic carbocycles. The summed E-state index contributed by atoms with van der Waals surface area (Å²) in [6, 6.07) is 18.8. The number of aryl methyl sites for hydroxylation is 1. The second-order valence-corrected chi connectivity index (χ2v) is 6.52. The fourth-order valence-electron chi connectivity index (χ4n) is 2.55. The Hall–Kier alpha value is -3.19. The highest BCUT2D eigenvalue weighted by Crippen LogP contribution is 2.05. The molecule has 0 fully saturated rings. The van der Waals surface area contributed by atoms with Crippen molar-refractivity contribution in [2.24, 2.45) is 0 Å². The number of alkyl carbamates (subject to hydrolysis) is 1. The first-order chi connectivity index (χ1) is 14.0. The molecule has 154 valence electrons. The van der Waals surface area contributed by atoms with Gasteiger partial charge in [0.05, 0.1) is 6.54 Å². The van der Waals surface area contributed by atoms with Crippen molar-refractivity contribution in [3.8, 4) is 0 Å². The maximum atomic E-state index is 11.9. The number of aliphatic hydroxyl groups is 1. The first-order valence-electron chi connectivity index (χ1n) is 9.50. The molecule has 7 heteroatoms. The number of Topliss-reactive ketones (excluding diaryl/α,β-unsaturated/α-hetero) is 1. The van der Waals surface area contributed by atoms with Crippen molar-refractivity contribution < 1.29 is 24.2 Å². The van der Waals surface area contributed by atoms with Crippen molar-refractivity contribution in [3.63, 3.8) is 0 Å². The Bertz CT molecular complexity index is 780. The van der Waals surface area contributed by atoms with Gasteiger partial charge in [-0.3, -0.25) is 9.59 Å². The second kappa shape index (κ2) is 12.3. The van der Waals surface area contributed by atoms with Crippen molar-refractivity contribution in [1.82, 2.24) is 10.6 Å². The highest BCUT2D eigenvalue weighted by Gasteiger charge is 2.16. The summed E-state index contributed by atoms with van der Waals surface area (Å²) in [7, 11) is 0. The first-order valence-corrected chi connectivity index (χ1v) is 9.50. The van der Waals surface area contributed by atoms with E-state index in [4.69, 9.17) is 4.74 Å². The third-order valence-electron chi connectivity index (χ3n) is 4.21. The Morgan fingerprint density at radius 1 is 0.897 bits per heavy atom. The minimum absolute atomic E-state index is 0.00777. The van der Waals surface area contributed by atoms with Crippen LogP contribution >= 0.6 is 0 Å². The quantitative estimate of drug-likeness (QED) is 0.537. The molecule has 0 bridgehead atoms. The van der Waals surface area contributed by atoms with Crippen LogP contribution in [0.1, 0.15) is 24.0 Å². The predicted molar refractivity (Wildman–Crippen MR) is 108 cm³/mol. The number of aliphatic hydroxyl groups excluding tert-OH is 1. The van der Waals surface area contributed by atoms with Gasteiger partial charge in [-0.2, -0.15) is 0 Å². The molecule has 3 N–H and O–H groups in total. The van der Waals surface area contributed by atoms with Crippen molar-refractivity contribution in [3.05, 3.63) is 71.8 Å². The molecule has 1 unspecified atom stereocenters. The smallest absolute Gasteiger partial charge is 0.407 e. The summed E-state index contributed by atoms with van der Waals surface area (Å²) in [6.45, 7) is -0.00824. The molecule has 0 radical (unpaired) electrons. The van der Waals surface area contributed by atoms with Crippen LogP contribution in [0, 0.1) is 0 Å². The Kier molecular flexibility index (Phi) is 9.38. The number of benzene rings is 2. The molecule has 29 heavy (non-hydrogen) atoms. The van der Waals surface area contributed by atoms with Crippen molar-refractivity contribution in [2.45, 2.75) is 32.0 Å². The van der Waals surface area contributed by atoms with Gasteiger partial charge in [-0.15, -0.1) is 0 Å². The molecule has 1 atom stereocenters. The number of nitrogens with one attached hydrogen (secondary N) is 2. The van der Waals surface area contributed by atoms with E-state index in [2.05, 4.69) is 10.6 Å². The molecule has 2 amide bonds. The predicted octanol–water partition coefficient (Wildman–Crippen LogP) is 1.98. The standard InChI is InChI=1S/C22H26N2O5/c25-19(12-11-17-7-3-1-4-8-17)20(26)15-24-21(27)13-14-23-22(28)29-16-18-9-5-2-6-10-18/h1-10,19,25H,11-16H2,(H,23,28)(H,24,27). The van der Waals surface area contributed by atoms with Crippen LogP contribution in [0.4, 0.5) is 4.79 Å². The lowest BCUT2D eigenvalue weighted by Gasteiger charge is -2.11. The second-order valence-electron chi connectivity index (χ2n) is 6.52. The van der Waals surface area contributed by atoms with Crippen LogP contribution in [0.15, 0.2) is 60.7 Å². The van der Waals surface area contributed by atoms with E-state index in [0.29, 0.717) is 12.8 Å². The molecule has 0 saturated carbocycles. The van der Waals surface area contributed by atoms with Crippen LogP contribution in [0.3, 0.4) is 0 Å². The minimum atomic E-state index is -1.12. The SMILES string of the molecule is O=C(CCNC(=O)OCc1ccccc1)NCC(=O)C(O)CCc1ccccc1. The van der Waals surface area contributed by atoms with E-state index in [-0.39, 0.29) is 26.1 Å². The maximum Gasteiger partial charge on any atom is 0.407 e. The molecule has 0 aliphatic carbocycles. The largest absolute Gasteiger partial charge is 0.445 e. The highest BCUT2D eigenvalue weighted by atomic mass is 16.5. The molecular formula is C22H26N2O5. The molecule has 0 spiro atoms. The van der Waals surface area contributed by atoms with Crippen LogP contribution in [-0.2, 0) is 27.4 Å². The number of rotatable bonds is 11. The molecule has 0 aliphatic heterocycles. The Labute approximate surface area is 170 Å². The number of hydrogen-bond acceptors (Lipinski definition) is 5. The molecule has 2 rings (SSSR count). The van der Waals surface area contributed by atoms with Gasteiger partial charge in [0, 0.05) is 13.0 Å². The molecule has 0 saturated heterocycles. The topological polar surface area (TPSA) is 105 Å². The van der Waals surface area contributed by atoms with E-state index in [9.17, 15) is 19.5 Å². The van der Waals surface area contributed by atoms with Crippen LogP contribution in [0.5, 0.6) is 0 Å². The highest BCUT2D eigenvalue weighted by molar-refractivity contribution is 5.88. The number of ether oxygens (including phenoxy) is 1. The lowest BCUT2D eigenvalue weighted by Crippen LogP contribution is -2.37. The molecule has 0 aromatic heterocycles. The molecule has 0 heterocycles. The van der Waals surface area contributed by atoms with Crippen molar-refractivity contribution >= 4 is 17.8 Å². The fourth-order valence-corrected chi connectivity index (χ4v) is 2.55. The van der Waals surface area contributed by atoms with Gasteiger partial charge in [0.2, 0.25) is 5.91 Å². The summed E-state index contributed by atoms with van der Waals surface area (Å²) in [5.41, 5.74) is 1.90. The van der Waals surface area contributed by atoms with E-state index in [0.717, 1.165) is 11.1 Å². The summed E-state index contributed by atoms with van der Waals surface area (Å²) in [5, 5.41) is 14.8. The lowest BCUT2D eigenvalue weighted by molar-refractivity contribution is -0.129. The lowest BCUT2D eigenvalue weighted by atomic mass is 10.0. The van der Waals surface area contributed by atoms with Crippen LogP contribution < -0.4 is 10.6 Å². The summed E-state index contributed by atoms with van der Waals surface area (Å²) in [4.78, 5) is 35.3. The Balaban J connectivity index is 1.55. The maximum absolute atomic E-state index is 11.9.